The zero-order chi connectivity index (χ0) is 16.2. The average molecular weight is 355 g/mol. The van der Waals surface area contributed by atoms with Gasteiger partial charge in [0.15, 0.2) is 0 Å². The van der Waals surface area contributed by atoms with Crippen molar-refractivity contribution in [3.8, 4) is 0 Å². The van der Waals surface area contributed by atoms with Crippen molar-refractivity contribution in [3.63, 3.8) is 0 Å². The summed E-state index contributed by atoms with van der Waals surface area (Å²) >= 11 is 11.9. The maximum atomic E-state index is 12.2. The van der Waals surface area contributed by atoms with E-state index in [1.165, 1.54) is 14.1 Å². The Morgan fingerprint density at radius 3 is 2.43 bits per heavy atom. The Bertz CT molecular complexity index is 622. The van der Waals surface area contributed by atoms with E-state index in [1.54, 1.807) is 18.2 Å². The molecule has 0 saturated carbocycles. The summed E-state index contributed by atoms with van der Waals surface area (Å²) in [7, 11) is -1.04. The van der Waals surface area contributed by atoms with Crippen molar-refractivity contribution < 1.29 is 18.3 Å². The molecule has 0 heterocycles. The molecule has 0 fully saturated rings. The highest BCUT2D eigenvalue weighted by Crippen LogP contribution is 2.27. The molecule has 0 amide bonds. The third-order valence-electron chi connectivity index (χ3n) is 2.85. The summed E-state index contributed by atoms with van der Waals surface area (Å²) in [4.78, 5) is 10.5. The number of hydrogen-bond donors (Lipinski definition) is 1. The second-order valence-electron chi connectivity index (χ2n) is 4.44. The zero-order valence-corrected chi connectivity index (χ0v) is 13.9. The lowest BCUT2D eigenvalue weighted by atomic mass is 10.2. The topological polar surface area (TPSA) is 77.9 Å². The van der Waals surface area contributed by atoms with Crippen LogP contribution in [0.15, 0.2) is 18.2 Å². The summed E-state index contributed by atoms with van der Waals surface area (Å²) < 4.78 is 26.5. The largest absolute Gasteiger partial charge is 0.481 e. The van der Waals surface area contributed by atoms with Gasteiger partial charge in [0, 0.05) is 27.2 Å². The third-order valence-corrected chi connectivity index (χ3v) is 5.60. The predicted molar refractivity (Wildman–Crippen MR) is 81.7 cm³/mol. The monoisotopic (exact) mass is 354 g/mol. The van der Waals surface area contributed by atoms with Crippen LogP contribution in [-0.2, 0) is 21.5 Å². The van der Waals surface area contributed by atoms with Gasteiger partial charge < -0.3 is 5.11 Å². The summed E-state index contributed by atoms with van der Waals surface area (Å²) in [6, 6.07) is 4.97. The van der Waals surface area contributed by atoms with Gasteiger partial charge >= 0.3 is 5.97 Å². The summed E-state index contributed by atoms with van der Waals surface area (Å²) in [6.07, 6.45) is -0.262. The fourth-order valence-corrected chi connectivity index (χ4v) is 3.08. The summed E-state index contributed by atoms with van der Waals surface area (Å²) in [5, 5.41) is 9.25. The first-order valence-corrected chi connectivity index (χ1v) is 8.14. The van der Waals surface area contributed by atoms with Crippen LogP contribution >= 0.6 is 23.2 Å². The minimum absolute atomic E-state index is 0.0408. The van der Waals surface area contributed by atoms with E-state index in [4.69, 9.17) is 28.3 Å². The van der Waals surface area contributed by atoms with Gasteiger partial charge in [-0.05, 0) is 11.6 Å². The van der Waals surface area contributed by atoms with Crippen molar-refractivity contribution in [1.82, 2.24) is 8.61 Å². The second-order valence-corrected chi connectivity index (χ2v) is 7.37. The van der Waals surface area contributed by atoms with Crippen molar-refractivity contribution in [3.05, 3.63) is 33.8 Å². The number of rotatable bonds is 7. The van der Waals surface area contributed by atoms with E-state index < -0.39 is 16.2 Å². The molecule has 21 heavy (non-hydrogen) atoms. The van der Waals surface area contributed by atoms with Crippen molar-refractivity contribution in [2.75, 3.05) is 20.6 Å². The van der Waals surface area contributed by atoms with E-state index in [-0.39, 0.29) is 19.5 Å². The smallest absolute Gasteiger partial charge is 0.304 e. The van der Waals surface area contributed by atoms with Gasteiger partial charge in [-0.1, -0.05) is 35.3 Å². The van der Waals surface area contributed by atoms with Crippen molar-refractivity contribution in [2.45, 2.75) is 13.0 Å². The Labute approximate surface area is 134 Å². The number of halogens is 2. The molecule has 9 heteroatoms. The Morgan fingerprint density at radius 1 is 1.24 bits per heavy atom. The summed E-state index contributed by atoms with van der Waals surface area (Å²) in [5.74, 6) is -1.06. The van der Waals surface area contributed by atoms with Crippen molar-refractivity contribution in [2.24, 2.45) is 0 Å². The highest BCUT2D eigenvalue weighted by molar-refractivity contribution is 7.86. The van der Waals surface area contributed by atoms with Crippen LogP contribution in [-0.4, -0.2) is 48.7 Å². The molecule has 1 aromatic rings. The Kier molecular flexibility index (Phi) is 6.42. The van der Waals surface area contributed by atoms with E-state index in [2.05, 4.69) is 0 Å². The van der Waals surface area contributed by atoms with E-state index in [0.717, 1.165) is 8.61 Å². The SMILES string of the molecule is CN(CCC(=O)O)S(=O)(=O)N(C)Cc1cccc(Cl)c1Cl. The molecule has 0 bridgehead atoms. The summed E-state index contributed by atoms with van der Waals surface area (Å²) in [5.41, 5.74) is 0.571. The second kappa shape index (κ2) is 7.42. The minimum atomic E-state index is -3.76. The molecule has 0 aliphatic rings. The number of hydrogen-bond acceptors (Lipinski definition) is 3. The van der Waals surface area contributed by atoms with E-state index in [9.17, 15) is 13.2 Å². The number of aliphatic carboxylic acids is 1. The van der Waals surface area contributed by atoms with Gasteiger partial charge in [-0.25, -0.2) is 0 Å². The standard InChI is InChI=1S/C12H16Cl2N2O4S/c1-15(7-6-11(17)18)21(19,20)16(2)8-9-4-3-5-10(13)12(9)14/h3-5H,6-8H2,1-2H3,(H,17,18). The molecule has 1 rings (SSSR count). The van der Waals surface area contributed by atoms with Gasteiger partial charge in [-0.3, -0.25) is 4.79 Å². The molecule has 0 unspecified atom stereocenters. The maximum Gasteiger partial charge on any atom is 0.304 e. The minimum Gasteiger partial charge on any atom is -0.481 e. The first kappa shape index (κ1) is 18.2. The Hall–Kier alpha value is -0.860. The molecule has 0 aliphatic carbocycles. The molecule has 0 radical (unpaired) electrons. The fourth-order valence-electron chi connectivity index (χ4n) is 1.60. The maximum absolute atomic E-state index is 12.2. The molecule has 6 nitrogen and oxygen atoms in total. The van der Waals surface area contributed by atoms with Gasteiger partial charge in [0.2, 0.25) is 0 Å². The van der Waals surface area contributed by atoms with E-state index in [0.29, 0.717) is 15.6 Å². The molecule has 0 aromatic heterocycles. The normalized spacial score (nSPS) is 12.1. The molecule has 1 aromatic carbocycles. The molecule has 0 aliphatic heterocycles. The van der Waals surface area contributed by atoms with Gasteiger partial charge in [0.05, 0.1) is 16.5 Å². The molecule has 1 N–H and O–H groups in total. The number of carbonyl (C=O) groups is 1. The summed E-state index contributed by atoms with van der Waals surface area (Å²) in [6.45, 7) is -0.0651. The van der Waals surface area contributed by atoms with Gasteiger partial charge in [-0.2, -0.15) is 17.0 Å². The van der Waals surface area contributed by atoms with Crippen LogP contribution in [0.4, 0.5) is 0 Å². The zero-order valence-electron chi connectivity index (χ0n) is 11.6. The van der Waals surface area contributed by atoms with Crippen LogP contribution in [0.3, 0.4) is 0 Å². The van der Waals surface area contributed by atoms with E-state index >= 15 is 0 Å². The quantitative estimate of drug-likeness (QED) is 0.812. The lowest BCUT2D eigenvalue weighted by molar-refractivity contribution is -0.137. The van der Waals surface area contributed by atoms with Crippen molar-refractivity contribution >= 4 is 39.4 Å². The van der Waals surface area contributed by atoms with Gasteiger partial charge in [0.25, 0.3) is 10.2 Å². The number of benzene rings is 1. The molecule has 0 spiro atoms. The molecular weight excluding hydrogens is 339 g/mol. The van der Waals surface area contributed by atoms with Crippen LogP contribution in [0.25, 0.3) is 0 Å². The Morgan fingerprint density at radius 2 is 1.86 bits per heavy atom. The first-order valence-electron chi connectivity index (χ1n) is 5.98. The van der Waals surface area contributed by atoms with Gasteiger partial charge in [-0.15, -0.1) is 0 Å². The molecular formula is C12H16Cl2N2O4S. The van der Waals surface area contributed by atoms with Crippen LogP contribution in [0, 0.1) is 0 Å². The highest BCUT2D eigenvalue weighted by Gasteiger charge is 2.24. The van der Waals surface area contributed by atoms with Crippen LogP contribution in [0.1, 0.15) is 12.0 Å². The van der Waals surface area contributed by atoms with Crippen LogP contribution in [0.5, 0.6) is 0 Å². The first-order chi connectivity index (χ1) is 9.66. The lowest BCUT2D eigenvalue weighted by Crippen LogP contribution is -2.40. The Balaban J connectivity index is 2.84. The predicted octanol–water partition coefficient (Wildman–Crippen LogP) is 2.08. The number of carboxylic acid groups (broad SMARTS) is 1. The number of nitrogens with zero attached hydrogens (tertiary/aromatic N) is 2. The fraction of sp³-hybridized carbons (Fsp3) is 0.417. The highest BCUT2D eigenvalue weighted by atomic mass is 35.5. The molecule has 118 valence electrons. The molecule has 0 saturated heterocycles. The lowest BCUT2D eigenvalue weighted by Gasteiger charge is -2.24. The van der Waals surface area contributed by atoms with E-state index in [1.807, 2.05) is 0 Å². The van der Waals surface area contributed by atoms with Crippen LogP contribution < -0.4 is 0 Å². The third kappa shape index (κ3) is 4.82. The van der Waals surface area contributed by atoms with Crippen LogP contribution in [0.2, 0.25) is 10.0 Å². The average Bonchev–Trinajstić information content (AvgIpc) is 2.40. The number of carboxylic acids is 1. The molecule has 0 atom stereocenters. The van der Waals surface area contributed by atoms with Gasteiger partial charge in [0.1, 0.15) is 0 Å². The van der Waals surface area contributed by atoms with Crippen molar-refractivity contribution in [1.29, 1.82) is 0 Å².